The molecule has 0 spiro atoms. The molecule has 1 fully saturated rings. The van der Waals surface area contributed by atoms with Crippen LogP contribution in [0.1, 0.15) is 45.4 Å². The van der Waals surface area contributed by atoms with E-state index in [9.17, 15) is 14.7 Å². The van der Waals surface area contributed by atoms with E-state index in [4.69, 9.17) is 4.74 Å². The average Bonchev–Trinajstić information content (AvgIpc) is 2.61. The zero-order chi connectivity index (χ0) is 14.1. The maximum absolute atomic E-state index is 11.8. The number of urea groups is 1. The van der Waals surface area contributed by atoms with E-state index in [2.05, 4.69) is 10.6 Å². The van der Waals surface area contributed by atoms with E-state index >= 15 is 0 Å². The average molecular weight is 272 g/mol. The molecule has 0 aliphatic heterocycles. The van der Waals surface area contributed by atoms with Crippen molar-refractivity contribution in [1.82, 2.24) is 10.6 Å². The van der Waals surface area contributed by atoms with Crippen LogP contribution in [0.4, 0.5) is 4.79 Å². The number of carbonyl (C=O) groups is 2. The summed E-state index contributed by atoms with van der Waals surface area (Å²) < 4.78 is 5.11. The third kappa shape index (κ3) is 5.06. The summed E-state index contributed by atoms with van der Waals surface area (Å²) in [4.78, 5) is 23.2. The Morgan fingerprint density at radius 2 is 1.84 bits per heavy atom. The summed E-state index contributed by atoms with van der Waals surface area (Å²) in [6.45, 7) is 3.30. The van der Waals surface area contributed by atoms with Gasteiger partial charge in [-0.25, -0.2) is 9.59 Å². The largest absolute Gasteiger partial charge is 0.480 e. The fourth-order valence-corrected chi connectivity index (χ4v) is 2.37. The summed E-state index contributed by atoms with van der Waals surface area (Å²) in [6, 6.07) is -0.427. The van der Waals surface area contributed by atoms with Gasteiger partial charge in [-0.05, 0) is 19.8 Å². The number of carboxylic acids is 1. The summed E-state index contributed by atoms with van der Waals surface area (Å²) >= 11 is 0. The van der Waals surface area contributed by atoms with Crippen molar-refractivity contribution in [2.75, 3.05) is 19.8 Å². The number of hydrogen-bond acceptors (Lipinski definition) is 3. The molecule has 0 radical (unpaired) electrons. The topological polar surface area (TPSA) is 87.7 Å². The van der Waals surface area contributed by atoms with Gasteiger partial charge < -0.3 is 20.5 Å². The van der Waals surface area contributed by atoms with Crippen LogP contribution in [-0.4, -0.2) is 42.4 Å². The van der Waals surface area contributed by atoms with Crippen molar-refractivity contribution in [2.45, 2.75) is 51.0 Å². The molecule has 0 bridgehead atoms. The van der Waals surface area contributed by atoms with Crippen molar-refractivity contribution in [3.8, 4) is 0 Å². The summed E-state index contributed by atoms with van der Waals surface area (Å²) in [6.07, 6.45) is 4.74. The molecule has 6 nitrogen and oxygen atoms in total. The molecule has 3 N–H and O–H groups in total. The zero-order valence-corrected chi connectivity index (χ0v) is 11.5. The van der Waals surface area contributed by atoms with Crippen LogP contribution >= 0.6 is 0 Å². The van der Waals surface area contributed by atoms with Gasteiger partial charge in [0, 0.05) is 13.2 Å². The Hall–Kier alpha value is -1.30. The molecule has 0 aromatic heterocycles. The molecule has 0 aromatic rings. The standard InChI is InChI=1S/C13H24N2O4/c1-2-19-10-9-14-12(18)15-13(11(16)17)7-5-3-4-6-8-13/h2-10H2,1H3,(H,16,17)(H2,14,15,18). The number of nitrogens with one attached hydrogen (secondary N) is 2. The molecule has 0 saturated heterocycles. The zero-order valence-electron chi connectivity index (χ0n) is 11.5. The van der Waals surface area contributed by atoms with Crippen LogP contribution in [-0.2, 0) is 9.53 Å². The van der Waals surface area contributed by atoms with Crippen molar-refractivity contribution in [2.24, 2.45) is 0 Å². The van der Waals surface area contributed by atoms with Gasteiger partial charge in [-0.2, -0.15) is 0 Å². The Labute approximate surface area is 113 Å². The quantitative estimate of drug-likeness (QED) is 0.505. The fraction of sp³-hybridized carbons (Fsp3) is 0.846. The Morgan fingerprint density at radius 3 is 2.37 bits per heavy atom. The normalized spacial score (nSPS) is 18.4. The molecule has 1 aliphatic rings. The molecule has 1 saturated carbocycles. The third-order valence-electron chi connectivity index (χ3n) is 3.46. The van der Waals surface area contributed by atoms with Crippen molar-refractivity contribution >= 4 is 12.0 Å². The first-order valence-corrected chi connectivity index (χ1v) is 6.98. The fourth-order valence-electron chi connectivity index (χ4n) is 2.37. The molecule has 0 unspecified atom stereocenters. The highest BCUT2D eigenvalue weighted by Gasteiger charge is 2.39. The molecule has 2 amide bonds. The van der Waals surface area contributed by atoms with E-state index < -0.39 is 17.5 Å². The van der Waals surface area contributed by atoms with Crippen LogP contribution in [0.25, 0.3) is 0 Å². The molecule has 1 aliphatic carbocycles. The van der Waals surface area contributed by atoms with Crippen LogP contribution in [0.3, 0.4) is 0 Å². The maximum Gasteiger partial charge on any atom is 0.329 e. The lowest BCUT2D eigenvalue weighted by molar-refractivity contribution is -0.145. The van der Waals surface area contributed by atoms with E-state index in [0.717, 1.165) is 25.7 Å². The van der Waals surface area contributed by atoms with Crippen molar-refractivity contribution in [3.63, 3.8) is 0 Å². The second-order valence-corrected chi connectivity index (χ2v) is 4.88. The molecule has 0 heterocycles. The van der Waals surface area contributed by atoms with Crippen LogP contribution in [0.5, 0.6) is 0 Å². The second-order valence-electron chi connectivity index (χ2n) is 4.88. The minimum Gasteiger partial charge on any atom is -0.480 e. The minimum atomic E-state index is -1.10. The number of aliphatic carboxylic acids is 1. The van der Waals surface area contributed by atoms with Gasteiger partial charge in [0.15, 0.2) is 0 Å². The predicted octanol–water partition coefficient (Wildman–Crippen LogP) is 1.50. The number of rotatable bonds is 6. The number of hydrogen-bond donors (Lipinski definition) is 3. The highest BCUT2D eigenvalue weighted by atomic mass is 16.5. The number of amides is 2. The van der Waals surface area contributed by atoms with Crippen LogP contribution in [0, 0.1) is 0 Å². The molecular formula is C13H24N2O4. The smallest absolute Gasteiger partial charge is 0.329 e. The monoisotopic (exact) mass is 272 g/mol. The first kappa shape index (κ1) is 15.8. The predicted molar refractivity (Wildman–Crippen MR) is 71.1 cm³/mol. The molecule has 0 aromatic carbocycles. The van der Waals surface area contributed by atoms with Crippen molar-refractivity contribution in [1.29, 1.82) is 0 Å². The number of ether oxygens (including phenoxy) is 1. The summed E-state index contributed by atoms with van der Waals surface area (Å²) in [5, 5.41) is 14.7. The lowest BCUT2D eigenvalue weighted by atomic mass is 9.90. The van der Waals surface area contributed by atoms with Crippen LogP contribution < -0.4 is 10.6 Å². The Bertz CT molecular complexity index is 299. The summed E-state index contributed by atoms with van der Waals surface area (Å²) in [5.74, 6) is -0.936. The lowest BCUT2D eigenvalue weighted by Gasteiger charge is -2.29. The van der Waals surface area contributed by atoms with Gasteiger partial charge in [-0.1, -0.05) is 25.7 Å². The summed E-state index contributed by atoms with van der Waals surface area (Å²) in [7, 11) is 0. The first-order chi connectivity index (χ1) is 9.10. The van der Waals surface area contributed by atoms with Gasteiger partial charge >= 0.3 is 12.0 Å². The Kier molecular flexibility index (Phi) is 6.62. The van der Waals surface area contributed by atoms with E-state index in [-0.39, 0.29) is 0 Å². The second kappa shape index (κ2) is 7.99. The van der Waals surface area contributed by atoms with Crippen molar-refractivity contribution in [3.05, 3.63) is 0 Å². The first-order valence-electron chi connectivity index (χ1n) is 6.98. The molecule has 110 valence electrons. The van der Waals surface area contributed by atoms with Gasteiger partial charge in [0.25, 0.3) is 0 Å². The Morgan fingerprint density at radius 1 is 1.21 bits per heavy atom. The minimum absolute atomic E-state index is 0.384. The third-order valence-corrected chi connectivity index (χ3v) is 3.46. The lowest BCUT2D eigenvalue weighted by Crippen LogP contribution is -2.57. The summed E-state index contributed by atoms with van der Waals surface area (Å²) in [5.41, 5.74) is -1.10. The van der Waals surface area contributed by atoms with Gasteiger partial charge in [0.05, 0.1) is 6.61 Å². The number of carbonyl (C=O) groups excluding carboxylic acids is 1. The van der Waals surface area contributed by atoms with E-state index in [1.54, 1.807) is 0 Å². The van der Waals surface area contributed by atoms with Gasteiger partial charge in [0.2, 0.25) is 0 Å². The SMILES string of the molecule is CCOCCNC(=O)NC1(C(=O)O)CCCCCC1. The van der Waals surface area contributed by atoms with Crippen molar-refractivity contribution < 1.29 is 19.4 Å². The van der Waals surface area contributed by atoms with Crippen LogP contribution in [0.15, 0.2) is 0 Å². The highest BCUT2D eigenvalue weighted by molar-refractivity contribution is 5.86. The maximum atomic E-state index is 11.8. The Balaban J connectivity index is 2.48. The van der Waals surface area contributed by atoms with E-state index in [0.29, 0.717) is 32.6 Å². The molecule has 0 atom stereocenters. The van der Waals surface area contributed by atoms with Crippen LogP contribution in [0.2, 0.25) is 0 Å². The number of carboxylic acid groups (broad SMARTS) is 1. The molecule has 1 rings (SSSR count). The van der Waals surface area contributed by atoms with Gasteiger partial charge in [0.1, 0.15) is 5.54 Å². The molecule has 6 heteroatoms. The molecule has 19 heavy (non-hydrogen) atoms. The van der Waals surface area contributed by atoms with Gasteiger partial charge in [-0.3, -0.25) is 0 Å². The van der Waals surface area contributed by atoms with E-state index in [1.165, 1.54) is 0 Å². The van der Waals surface area contributed by atoms with Gasteiger partial charge in [-0.15, -0.1) is 0 Å². The molecular weight excluding hydrogens is 248 g/mol. The highest BCUT2D eigenvalue weighted by Crippen LogP contribution is 2.27. The van der Waals surface area contributed by atoms with E-state index in [1.807, 2.05) is 6.92 Å².